The number of carbonyl (C=O) groups excluding carboxylic acids is 3. The van der Waals surface area contributed by atoms with Gasteiger partial charge in [0.05, 0.1) is 18.1 Å². The standard InChI is InChI=1S/C23H24N4O5S/c1-14(20(29)26-23(31)25-15-7-3-2-4-8-15)32-18(28)11-12-27-13-24-21-19(22(27)30)16-9-5-6-10-17(16)33-21/h2-4,7-8,13-14H,5-6,9-12H2,1H3,(H2,25,26,29,31). The molecule has 4 rings (SSSR count). The molecule has 0 fully saturated rings. The van der Waals surface area contributed by atoms with Gasteiger partial charge in [0.25, 0.3) is 11.5 Å². The highest BCUT2D eigenvalue weighted by Gasteiger charge is 2.22. The first-order valence-electron chi connectivity index (χ1n) is 10.8. The van der Waals surface area contributed by atoms with E-state index in [0.717, 1.165) is 36.1 Å². The Morgan fingerprint density at radius 2 is 1.94 bits per heavy atom. The highest BCUT2D eigenvalue weighted by Crippen LogP contribution is 2.33. The predicted octanol–water partition coefficient (Wildman–Crippen LogP) is 3.01. The molecule has 0 spiro atoms. The summed E-state index contributed by atoms with van der Waals surface area (Å²) in [6.07, 6.45) is 4.22. The number of thiophene rings is 1. The van der Waals surface area contributed by atoms with Gasteiger partial charge in [0.2, 0.25) is 0 Å². The number of amides is 3. The molecule has 2 aromatic heterocycles. The van der Waals surface area contributed by atoms with Gasteiger partial charge in [-0.1, -0.05) is 18.2 Å². The number of esters is 1. The summed E-state index contributed by atoms with van der Waals surface area (Å²) in [5.74, 6) is -1.40. The summed E-state index contributed by atoms with van der Waals surface area (Å²) in [5, 5.41) is 5.30. The van der Waals surface area contributed by atoms with Gasteiger partial charge in [-0.2, -0.15) is 0 Å². The number of hydrogen-bond donors (Lipinski definition) is 2. The number of hydrogen-bond acceptors (Lipinski definition) is 7. The number of aryl methyl sites for hydroxylation is 3. The summed E-state index contributed by atoms with van der Waals surface area (Å²) in [4.78, 5) is 55.6. The quantitative estimate of drug-likeness (QED) is 0.537. The van der Waals surface area contributed by atoms with Crippen LogP contribution in [-0.4, -0.2) is 33.6 Å². The van der Waals surface area contributed by atoms with Crippen molar-refractivity contribution in [3.8, 4) is 0 Å². The average Bonchev–Trinajstić information content (AvgIpc) is 3.18. The van der Waals surface area contributed by atoms with E-state index < -0.39 is 24.0 Å². The maximum atomic E-state index is 12.9. The summed E-state index contributed by atoms with van der Waals surface area (Å²) in [7, 11) is 0. The number of benzene rings is 1. The Hall–Kier alpha value is -3.53. The molecule has 172 valence electrons. The Morgan fingerprint density at radius 1 is 1.18 bits per heavy atom. The normalized spacial score (nSPS) is 13.7. The molecule has 0 bridgehead atoms. The second-order valence-electron chi connectivity index (χ2n) is 7.83. The van der Waals surface area contributed by atoms with Crippen molar-refractivity contribution >= 4 is 45.1 Å². The molecule has 9 nitrogen and oxygen atoms in total. The van der Waals surface area contributed by atoms with Crippen LogP contribution in [0.4, 0.5) is 10.5 Å². The maximum absolute atomic E-state index is 12.9. The Balaban J connectivity index is 1.31. The topological polar surface area (TPSA) is 119 Å². The highest BCUT2D eigenvalue weighted by atomic mass is 32.1. The lowest BCUT2D eigenvalue weighted by molar-refractivity contribution is -0.154. The lowest BCUT2D eigenvalue weighted by Crippen LogP contribution is -2.41. The van der Waals surface area contributed by atoms with Gasteiger partial charge in [-0.25, -0.2) is 9.78 Å². The molecule has 0 saturated carbocycles. The van der Waals surface area contributed by atoms with Crippen LogP contribution in [0.15, 0.2) is 41.5 Å². The van der Waals surface area contributed by atoms with Crippen LogP contribution in [0.2, 0.25) is 0 Å². The first kappa shape index (κ1) is 22.7. The predicted molar refractivity (Wildman–Crippen MR) is 124 cm³/mol. The zero-order valence-corrected chi connectivity index (χ0v) is 18.9. The molecule has 3 amide bonds. The molecule has 1 unspecified atom stereocenters. The number of fused-ring (bicyclic) bond motifs is 3. The van der Waals surface area contributed by atoms with E-state index in [1.54, 1.807) is 41.7 Å². The van der Waals surface area contributed by atoms with Crippen LogP contribution in [0.25, 0.3) is 10.2 Å². The van der Waals surface area contributed by atoms with Gasteiger partial charge in [0, 0.05) is 17.1 Å². The van der Waals surface area contributed by atoms with Crippen molar-refractivity contribution in [2.75, 3.05) is 5.32 Å². The van der Waals surface area contributed by atoms with Crippen LogP contribution in [0.3, 0.4) is 0 Å². The third kappa shape index (κ3) is 5.28. The molecule has 33 heavy (non-hydrogen) atoms. The average molecular weight is 469 g/mol. The van der Waals surface area contributed by atoms with E-state index in [-0.39, 0.29) is 18.5 Å². The summed E-state index contributed by atoms with van der Waals surface area (Å²) in [6.45, 7) is 1.47. The van der Waals surface area contributed by atoms with Gasteiger partial charge >= 0.3 is 12.0 Å². The van der Waals surface area contributed by atoms with Gasteiger partial charge in [-0.3, -0.25) is 24.3 Å². The Labute approximate surface area is 193 Å². The van der Waals surface area contributed by atoms with Crippen LogP contribution in [0.5, 0.6) is 0 Å². The Morgan fingerprint density at radius 3 is 2.73 bits per heavy atom. The van der Waals surface area contributed by atoms with Crippen molar-refractivity contribution in [1.29, 1.82) is 0 Å². The third-order valence-electron chi connectivity index (χ3n) is 5.44. The van der Waals surface area contributed by atoms with E-state index in [9.17, 15) is 19.2 Å². The molecule has 2 heterocycles. The molecule has 0 radical (unpaired) electrons. The van der Waals surface area contributed by atoms with Crippen molar-refractivity contribution in [2.45, 2.75) is 51.7 Å². The SMILES string of the molecule is CC(OC(=O)CCn1cnc2sc3c(c2c1=O)CCCC3)C(=O)NC(=O)Nc1ccccc1. The number of rotatable bonds is 6. The second-order valence-corrected chi connectivity index (χ2v) is 8.91. The zero-order chi connectivity index (χ0) is 23.4. The van der Waals surface area contributed by atoms with E-state index in [2.05, 4.69) is 15.6 Å². The Kier molecular flexibility index (Phi) is 6.83. The number of nitrogens with one attached hydrogen (secondary N) is 2. The number of nitrogens with zero attached hydrogens (tertiary/aromatic N) is 2. The molecule has 1 aliphatic rings. The van der Waals surface area contributed by atoms with Gasteiger partial charge in [-0.15, -0.1) is 11.3 Å². The van der Waals surface area contributed by atoms with Crippen LogP contribution in [0.1, 0.15) is 36.6 Å². The third-order valence-corrected chi connectivity index (χ3v) is 6.64. The smallest absolute Gasteiger partial charge is 0.325 e. The van der Waals surface area contributed by atoms with Crippen LogP contribution in [0, 0.1) is 0 Å². The maximum Gasteiger partial charge on any atom is 0.325 e. The van der Waals surface area contributed by atoms with Crippen LogP contribution >= 0.6 is 11.3 Å². The van der Waals surface area contributed by atoms with E-state index >= 15 is 0 Å². The van der Waals surface area contributed by atoms with E-state index in [1.165, 1.54) is 22.7 Å². The van der Waals surface area contributed by atoms with E-state index in [0.29, 0.717) is 11.1 Å². The molecule has 1 atom stereocenters. The van der Waals surface area contributed by atoms with Crippen molar-refractivity contribution in [1.82, 2.24) is 14.9 Å². The monoisotopic (exact) mass is 468 g/mol. The summed E-state index contributed by atoms with van der Waals surface area (Å²) in [6, 6.07) is 7.91. The first-order valence-corrected chi connectivity index (χ1v) is 11.6. The number of ether oxygens (including phenoxy) is 1. The molecular weight excluding hydrogens is 444 g/mol. The molecule has 1 aliphatic carbocycles. The van der Waals surface area contributed by atoms with Gasteiger partial charge in [-0.05, 0) is 50.3 Å². The van der Waals surface area contributed by atoms with Crippen molar-refractivity contribution in [2.24, 2.45) is 0 Å². The first-order chi connectivity index (χ1) is 15.9. The molecular formula is C23H24N4O5S. The van der Waals surface area contributed by atoms with Crippen LogP contribution in [-0.2, 0) is 33.7 Å². The fourth-order valence-corrected chi connectivity index (χ4v) is 4.98. The minimum Gasteiger partial charge on any atom is -0.452 e. The number of carbonyl (C=O) groups is 3. The number of imide groups is 1. The highest BCUT2D eigenvalue weighted by molar-refractivity contribution is 7.18. The molecule has 10 heteroatoms. The minimum atomic E-state index is -1.17. The molecule has 0 aliphatic heterocycles. The zero-order valence-electron chi connectivity index (χ0n) is 18.1. The molecule has 2 N–H and O–H groups in total. The number of para-hydroxylation sites is 1. The molecule has 1 aromatic carbocycles. The Bertz CT molecular complexity index is 1250. The van der Waals surface area contributed by atoms with Crippen molar-refractivity contribution in [3.63, 3.8) is 0 Å². The van der Waals surface area contributed by atoms with Gasteiger partial charge < -0.3 is 10.1 Å². The lowest BCUT2D eigenvalue weighted by atomic mass is 9.97. The summed E-state index contributed by atoms with van der Waals surface area (Å²) >= 11 is 1.57. The second kappa shape index (κ2) is 9.95. The minimum absolute atomic E-state index is 0.0913. The largest absolute Gasteiger partial charge is 0.452 e. The van der Waals surface area contributed by atoms with Gasteiger partial charge in [0.15, 0.2) is 6.10 Å². The van der Waals surface area contributed by atoms with E-state index in [4.69, 9.17) is 4.74 Å². The van der Waals surface area contributed by atoms with Gasteiger partial charge in [0.1, 0.15) is 4.83 Å². The number of aromatic nitrogens is 2. The fourth-order valence-electron chi connectivity index (χ4n) is 3.76. The molecule has 3 aromatic rings. The lowest BCUT2D eigenvalue weighted by Gasteiger charge is -2.14. The summed E-state index contributed by atoms with van der Waals surface area (Å²) in [5.41, 5.74) is 1.46. The van der Waals surface area contributed by atoms with E-state index in [1.807, 2.05) is 0 Å². The fraction of sp³-hybridized carbons (Fsp3) is 0.348. The summed E-state index contributed by atoms with van der Waals surface area (Å²) < 4.78 is 6.53. The van der Waals surface area contributed by atoms with Crippen molar-refractivity contribution < 1.29 is 19.1 Å². The molecule has 0 saturated heterocycles. The van der Waals surface area contributed by atoms with Crippen molar-refractivity contribution in [3.05, 3.63) is 57.5 Å². The van der Waals surface area contributed by atoms with Crippen LogP contribution < -0.4 is 16.2 Å². The number of anilines is 1. The number of urea groups is 1.